The van der Waals surface area contributed by atoms with E-state index in [1.807, 2.05) is 36.4 Å². The second-order valence-corrected chi connectivity index (χ2v) is 9.46. The minimum atomic E-state index is -0.0475. The molecule has 0 fully saturated rings. The number of carbonyl (C=O) groups excluding carboxylic acids is 1. The van der Waals surface area contributed by atoms with Crippen LogP contribution in [0.2, 0.25) is 0 Å². The average molecular weight is 537 g/mol. The molecule has 0 N–H and O–H groups in total. The van der Waals surface area contributed by atoms with E-state index in [1.165, 1.54) is 5.56 Å². The molecule has 5 heteroatoms. The fraction of sp³-hybridized carbons (Fsp3) is 0.0968. The van der Waals surface area contributed by atoms with E-state index in [2.05, 4.69) is 69.5 Å². The van der Waals surface area contributed by atoms with E-state index >= 15 is 0 Å². The highest BCUT2D eigenvalue weighted by atomic mass is 79.9. The van der Waals surface area contributed by atoms with Gasteiger partial charge in [-0.25, -0.2) is 0 Å². The molecule has 1 heterocycles. The van der Waals surface area contributed by atoms with Crippen LogP contribution in [0.25, 0.3) is 6.08 Å². The summed E-state index contributed by atoms with van der Waals surface area (Å²) < 4.78 is 6.22. The Bertz CT molecular complexity index is 1390. The van der Waals surface area contributed by atoms with E-state index in [0.29, 0.717) is 5.56 Å². The molecule has 0 aliphatic carbocycles. The topological polar surface area (TPSA) is 41.9 Å². The minimum absolute atomic E-state index is 0.0475. The van der Waals surface area contributed by atoms with E-state index in [-0.39, 0.29) is 11.8 Å². The quantitative estimate of drug-likeness (QED) is 0.179. The Morgan fingerprint density at radius 1 is 0.917 bits per heavy atom. The molecule has 36 heavy (non-hydrogen) atoms. The third kappa shape index (κ3) is 5.31. The Balaban J connectivity index is 1.38. The van der Waals surface area contributed by atoms with Crippen LogP contribution in [0.15, 0.2) is 119 Å². The summed E-state index contributed by atoms with van der Waals surface area (Å²) in [6.07, 6.45) is 4.26. The SMILES string of the molecule is COc1ccc(C(=O)/C=C\c2ccc(N3N=C(c4ccccc4)CC3c3ccc(Br)cc3)cc2)cc1. The molecule has 178 valence electrons. The summed E-state index contributed by atoms with van der Waals surface area (Å²) in [5.41, 5.74) is 6.00. The maximum atomic E-state index is 12.5. The molecule has 4 nitrogen and oxygen atoms in total. The first-order chi connectivity index (χ1) is 17.6. The van der Waals surface area contributed by atoms with Gasteiger partial charge in [-0.3, -0.25) is 9.80 Å². The maximum Gasteiger partial charge on any atom is 0.185 e. The van der Waals surface area contributed by atoms with E-state index in [0.717, 1.165) is 39.2 Å². The molecule has 0 aromatic heterocycles. The van der Waals surface area contributed by atoms with Crippen molar-refractivity contribution in [1.29, 1.82) is 0 Å². The van der Waals surface area contributed by atoms with Gasteiger partial charge in [-0.05, 0) is 71.3 Å². The van der Waals surface area contributed by atoms with Crippen molar-refractivity contribution in [1.82, 2.24) is 0 Å². The number of halogens is 1. The summed E-state index contributed by atoms with van der Waals surface area (Å²) in [7, 11) is 1.61. The molecule has 4 aromatic carbocycles. The number of hydrazone groups is 1. The van der Waals surface area contributed by atoms with Gasteiger partial charge in [0.1, 0.15) is 5.75 Å². The first kappa shape index (κ1) is 23.8. The number of hydrogen-bond acceptors (Lipinski definition) is 4. The van der Waals surface area contributed by atoms with Crippen molar-refractivity contribution in [2.45, 2.75) is 12.5 Å². The zero-order valence-corrected chi connectivity index (χ0v) is 21.4. The summed E-state index contributed by atoms with van der Waals surface area (Å²) in [5.74, 6) is 0.682. The standard InChI is InChI=1S/C31H25BrN2O2/c1-36-28-18-12-25(13-19-28)31(35)20-9-22-7-16-27(17-8-22)34-30(24-10-14-26(32)15-11-24)21-29(33-34)23-5-3-2-4-6-23/h2-20,30H,21H2,1H3/b20-9-. The van der Waals surface area contributed by atoms with Gasteiger partial charge >= 0.3 is 0 Å². The van der Waals surface area contributed by atoms with Gasteiger partial charge in [0.15, 0.2) is 5.78 Å². The highest BCUT2D eigenvalue weighted by molar-refractivity contribution is 9.10. The molecule has 4 aromatic rings. The van der Waals surface area contributed by atoms with Crippen molar-refractivity contribution in [3.05, 3.63) is 136 Å². The van der Waals surface area contributed by atoms with Crippen LogP contribution in [-0.2, 0) is 0 Å². The Morgan fingerprint density at radius 3 is 2.28 bits per heavy atom. The lowest BCUT2D eigenvalue weighted by Crippen LogP contribution is -2.18. The summed E-state index contributed by atoms with van der Waals surface area (Å²) in [5, 5.41) is 7.12. The molecule has 0 amide bonds. The largest absolute Gasteiger partial charge is 0.497 e. The monoisotopic (exact) mass is 536 g/mol. The molecule has 5 rings (SSSR count). The minimum Gasteiger partial charge on any atom is -0.497 e. The molecule has 0 saturated carbocycles. The lowest BCUT2D eigenvalue weighted by atomic mass is 9.98. The Morgan fingerprint density at radius 2 is 1.61 bits per heavy atom. The lowest BCUT2D eigenvalue weighted by molar-refractivity contribution is 0.104. The molecule has 1 atom stereocenters. The molecule has 0 bridgehead atoms. The van der Waals surface area contributed by atoms with Crippen molar-refractivity contribution < 1.29 is 9.53 Å². The highest BCUT2D eigenvalue weighted by Crippen LogP contribution is 2.37. The Labute approximate surface area is 219 Å². The van der Waals surface area contributed by atoms with Crippen LogP contribution in [0.1, 0.15) is 39.5 Å². The van der Waals surface area contributed by atoms with Gasteiger partial charge in [0.25, 0.3) is 0 Å². The van der Waals surface area contributed by atoms with Gasteiger partial charge < -0.3 is 4.74 Å². The van der Waals surface area contributed by atoms with Crippen molar-refractivity contribution in [3.63, 3.8) is 0 Å². The number of anilines is 1. The second-order valence-electron chi connectivity index (χ2n) is 8.55. The van der Waals surface area contributed by atoms with Crippen molar-refractivity contribution in [2.24, 2.45) is 5.10 Å². The number of nitrogens with zero attached hydrogens (tertiary/aromatic N) is 2. The van der Waals surface area contributed by atoms with E-state index in [4.69, 9.17) is 9.84 Å². The highest BCUT2D eigenvalue weighted by Gasteiger charge is 2.29. The van der Waals surface area contributed by atoms with Crippen LogP contribution in [0.3, 0.4) is 0 Å². The summed E-state index contributed by atoms with van der Waals surface area (Å²) >= 11 is 3.54. The number of ether oxygens (including phenoxy) is 1. The number of benzene rings is 4. The van der Waals surface area contributed by atoms with Crippen molar-refractivity contribution >= 4 is 39.2 Å². The second kappa shape index (κ2) is 10.8. The maximum absolute atomic E-state index is 12.5. The number of rotatable bonds is 7. The van der Waals surface area contributed by atoms with Crippen LogP contribution in [-0.4, -0.2) is 18.6 Å². The van der Waals surface area contributed by atoms with Gasteiger partial charge in [0.2, 0.25) is 0 Å². The molecular weight excluding hydrogens is 512 g/mol. The van der Waals surface area contributed by atoms with Gasteiger partial charge in [0.05, 0.1) is 24.6 Å². The van der Waals surface area contributed by atoms with Crippen molar-refractivity contribution in [3.8, 4) is 5.75 Å². The molecular formula is C31H25BrN2O2. The summed E-state index contributed by atoms with van der Waals surface area (Å²) in [4.78, 5) is 12.5. The lowest BCUT2D eigenvalue weighted by Gasteiger charge is -2.24. The molecule has 1 aliphatic heterocycles. The predicted octanol–water partition coefficient (Wildman–Crippen LogP) is 7.71. The van der Waals surface area contributed by atoms with Gasteiger partial charge in [0, 0.05) is 16.5 Å². The molecule has 0 saturated heterocycles. The fourth-order valence-corrected chi connectivity index (χ4v) is 4.52. The number of allylic oxidation sites excluding steroid dienone is 1. The summed E-state index contributed by atoms with van der Waals surface area (Å²) in [6, 6.07) is 34.1. The average Bonchev–Trinajstić information content (AvgIpc) is 3.38. The van der Waals surface area contributed by atoms with E-state index < -0.39 is 0 Å². The third-order valence-electron chi connectivity index (χ3n) is 6.23. The first-order valence-corrected chi connectivity index (χ1v) is 12.5. The zero-order chi connectivity index (χ0) is 24.9. The Hall–Kier alpha value is -3.96. The zero-order valence-electron chi connectivity index (χ0n) is 19.8. The van der Waals surface area contributed by atoms with Crippen LogP contribution in [0.5, 0.6) is 5.75 Å². The summed E-state index contributed by atoms with van der Waals surface area (Å²) in [6.45, 7) is 0. The van der Waals surface area contributed by atoms with E-state index in [9.17, 15) is 4.79 Å². The van der Waals surface area contributed by atoms with Gasteiger partial charge in [-0.15, -0.1) is 0 Å². The molecule has 1 unspecified atom stereocenters. The number of hydrogen-bond donors (Lipinski definition) is 0. The van der Waals surface area contributed by atoms with Crippen LogP contribution >= 0.6 is 15.9 Å². The number of ketones is 1. The molecule has 0 spiro atoms. The van der Waals surface area contributed by atoms with E-state index in [1.54, 1.807) is 37.5 Å². The van der Waals surface area contributed by atoms with Crippen LogP contribution in [0.4, 0.5) is 5.69 Å². The molecule has 0 radical (unpaired) electrons. The number of carbonyl (C=O) groups is 1. The van der Waals surface area contributed by atoms with Gasteiger partial charge in [-0.2, -0.15) is 5.10 Å². The van der Waals surface area contributed by atoms with Crippen LogP contribution in [0, 0.1) is 0 Å². The third-order valence-corrected chi connectivity index (χ3v) is 6.76. The van der Waals surface area contributed by atoms with Crippen molar-refractivity contribution in [2.75, 3.05) is 12.1 Å². The fourth-order valence-electron chi connectivity index (χ4n) is 4.26. The van der Waals surface area contributed by atoms with Crippen LogP contribution < -0.4 is 9.75 Å². The predicted molar refractivity (Wildman–Crippen MR) is 150 cm³/mol. The normalized spacial score (nSPS) is 15.2. The molecule has 1 aliphatic rings. The Kier molecular flexibility index (Phi) is 7.10. The smallest absolute Gasteiger partial charge is 0.185 e. The number of methoxy groups -OCH3 is 1. The van der Waals surface area contributed by atoms with Gasteiger partial charge in [-0.1, -0.05) is 76.6 Å². The first-order valence-electron chi connectivity index (χ1n) is 11.7.